The number of anilines is 1. The summed E-state index contributed by atoms with van der Waals surface area (Å²) in [6.45, 7) is 7.23. The fraction of sp³-hybridized carbons (Fsp3) is 0.643. The van der Waals surface area contributed by atoms with Crippen molar-refractivity contribution in [2.24, 2.45) is 5.73 Å². The van der Waals surface area contributed by atoms with Crippen LogP contribution >= 0.6 is 0 Å². The molecule has 0 aliphatic carbocycles. The van der Waals surface area contributed by atoms with Crippen LogP contribution in [0.15, 0.2) is 18.3 Å². The van der Waals surface area contributed by atoms with Crippen LogP contribution in [0.3, 0.4) is 0 Å². The van der Waals surface area contributed by atoms with E-state index >= 15 is 0 Å². The summed E-state index contributed by atoms with van der Waals surface area (Å²) in [7, 11) is 4.18. The minimum absolute atomic E-state index is 0.0208. The van der Waals surface area contributed by atoms with Gasteiger partial charge in [0.05, 0.1) is 0 Å². The van der Waals surface area contributed by atoms with E-state index in [1.54, 1.807) is 0 Å². The molecule has 1 aromatic rings. The van der Waals surface area contributed by atoms with Gasteiger partial charge in [-0.15, -0.1) is 0 Å². The molecule has 0 unspecified atom stereocenters. The SMILES string of the molecule is CCCN(CCN(C)C)c1ncccc1[C@H](C)N. The number of hydrogen-bond acceptors (Lipinski definition) is 4. The molecule has 2 N–H and O–H groups in total. The molecule has 0 saturated heterocycles. The molecule has 1 atom stereocenters. The summed E-state index contributed by atoms with van der Waals surface area (Å²) in [6.07, 6.45) is 2.96. The third-order valence-electron chi connectivity index (χ3n) is 2.92. The van der Waals surface area contributed by atoms with Crippen LogP contribution in [-0.2, 0) is 0 Å². The highest BCUT2D eigenvalue weighted by atomic mass is 15.2. The second kappa shape index (κ2) is 7.34. The predicted octanol–water partition coefficient (Wildman–Crippen LogP) is 1.88. The summed E-state index contributed by atoms with van der Waals surface area (Å²) in [5, 5.41) is 0. The van der Waals surface area contributed by atoms with E-state index in [0.29, 0.717) is 0 Å². The Kier molecular flexibility index (Phi) is 6.09. The largest absolute Gasteiger partial charge is 0.355 e. The fourth-order valence-electron chi connectivity index (χ4n) is 1.94. The molecule has 0 fully saturated rings. The molecule has 4 nitrogen and oxygen atoms in total. The van der Waals surface area contributed by atoms with Crippen molar-refractivity contribution < 1.29 is 0 Å². The lowest BCUT2D eigenvalue weighted by molar-refractivity contribution is 0.412. The van der Waals surface area contributed by atoms with E-state index in [0.717, 1.165) is 37.4 Å². The molecule has 0 bridgehead atoms. The lowest BCUT2D eigenvalue weighted by Crippen LogP contribution is -2.34. The average molecular weight is 250 g/mol. The van der Waals surface area contributed by atoms with Crippen molar-refractivity contribution in [2.45, 2.75) is 26.3 Å². The maximum atomic E-state index is 6.03. The van der Waals surface area contributed by atoms with Gasteiger partial charge in [0, 0.05) is 37.4 Å². The minimum Gasteiger partial charge on any atom is -0.355 e. The number of nitrogens with zero attached hydrogens (tertiary/aromatic N) is 3. The van der Waals surface area contributed by atoms with E-state index in [-0.39, 0.29) is 6.04 Å². The van der Waals surface area contributed by atoms with Crippen molar-refractivity contribution in [1.82, 2.24) is 9.88 Å². The highest BCUT2D eigenvalue weighted by Gasteiger charge is 2.14. The molecule has 0 aliphatic heterocycles. The lowest BCUT2D eigenvalue weighted by Gasteiger charge is -2.27. The van der Waals surface area contributed by atoms with E-state index in [1.165, 1.54) is 0 Å². The second-order valence-electron chi connectivity index (χ2n) is 5.00. The average Bonchev–Trinajstić information content (AvgIpc) is 2.34. The topological polar surface area (TPSA) is 45.4 Å². The number of rotatable bonds is 7. The van der Waals surface area contributed by atoms with Crippen LogP contribution in [0.25, 0.3) is 0 Å². The molecule has 0 amide bonds. The summed E-state index contributed by atoms with van der Waals surface area (Å²) in [5.41, 5.74) is 7.16. The third-order valence-corrected chi connectivity index (χ3v) is 2.92. The standard InChI is InChI=1S/C14H26N4/c1-5-9-18(11-10-17(3)4)14-13(12(2)15)7-6-8-16-14/h6-8,12H,5,9-11,15H2,1-4H3/t12-/m0/s1. The van der Waals surface area contributed by atoms with Crippen LogP contribution in [0.4, 0.5) is 5.82 Å². The number of likely N-dealkylation sites (N-methyl/N-ethyl adjacent to an activating group) is 1. The van der Waals surface area contributed by atoms with Gasteiger partial charge >= 0.3 is 0 Å². The molecular weight excluding hydrogens is 224 g/mol. The summed E-state index contributed by atoms with van der Waals surface area (Å²) in [5.74, 6) is 1.04. The van der Waals surface area contributed by atoms with E-state index in [9.17, 15) is 0 Å². The Bertz CT molecular complexity index is 349. The first kappa shape index (κ1) is 14.9. The van der Waals surface area contributed by atoms with Gasteiger partial charge in [-0.25, -0.2) is 4.98 Å². The normalized spacial score (nSPS) is 12.8. The van der Waals surface area contributed by atoms with Gasteiger partial charge in [0.15, 0.2) is 0 Å². The molecule has 0 saturated carbocycles. The molecule has 0 aromatic carbocycles. The Hall–Kier alpha value is -1.13. The van der Waals surface area contributed by atoms with E-state index in [1.807, 2.05) is 19.2 Å². The summed E-state index contributed by atoms with van der Waals surface area (Å²) < 4.78 is 0. The van der Waals surface area contributed by atoms with Crippen LogP contribution in [0.5, 0.6) is 0 Å². The maximum absolute atomic E-state index is 6.03. The smallest absolute Gasteiger partial charge is 0.133 e. The highest BCUT2D eigenvalue weighted by Crippen LogP contribution is 2.22. The van der Waals surface area contributed by atoms with E-state index in [4.69, 9.17) is 5.73 Å². The van der Waals surface area contributed by atoms with Crippen LogP contribution in [0.1, 0.15) is 31.9 Å². The molecule has 0 radical (unpaired) electrons. The Morgan fingerprint density at radius 1 is 1.28 bits per heavy atom. The predicted molar refractivity (Wildman–Crippen MR) is 77.9 cm³/mol. The first-order valence-electron chi connectivity index (χ1n) is 6.66. The van der Waals surface area contributed by atoms with Crippen molar-refractivity contribution in [3.63, 3.8) is 0 Å². The molecule has 4 heteroatoms. The van der Waals surface area contributed by atoms with Gasteiger partial charge in [-0.05, 0) is 33.5 Å². The van der Waals surface area contributed by atoms with Crippen LogP contribution in [0, 0.1) is 0 Å². The lowest BCUT2D eigenvalue weighted by atomic mass is 10.1. The zero-order valence-corrected chi connectivity index (χ0v) is 12.1. The molecule has 1 aromatic heterocycles. The number of pyridine rings is 1. The molecule has 102 valence electrons. The first-order valence-corrected chi connectivity index (χ1v) is 6.66. The van der Waals surface area contributed by atoms with Gasteiger partial charge < -0.3 is 15.5 Å². The number of aromatic nitrogens is 1. The number of hydrogen-bond donors (Lipinski definition) is 1. The van der Waals surface area contributed by atoms with E-state index < -0.39 is 0 Å². The van der Waals surface area contributed by atoms with Crippen LogP contribution < -0.4 is 10.6 Å². The summed E-state index contributed by atoms with van der Waals surface area (Å²) in [6, 6.07) is 4.05. The zero-order valence-electron chi connectivity index (χ0n) is 12.1. The number of nitrogens with two attached hydrogens (primary N) is 1. The molecule has 18 heavy (non-hydrogen) atoms. The van der Waals surface area contributed by atoms with Crippen molar-refractivity contribution >= 4 is 5.82 Å². The van der Waals surface area contributed by atoms with Crippen molar-refractivity contribution in [2.75, 3.05) is 38.6 Å². The Morgan fingerprint density at radius 3 is 2.56 bits per heavy atom. The van der Waals surface area contributed by atoms with Gasteiger partial charge in [-0.1, -0.05) is 13.0 Å². The highest BCUT2D eigenvalue weighted by molar-refractivity contribution is 5.48. The second-order valence-corrected chi connectivity index (χ2v) is 5.00. The maximum Gasteiger partial charge on any atom is 0.133 e. The van der Waals surface area contributed by atoms with Gasteiger partial charge in [-0.3, -0.25) is 0 Å². The molecular formula is C14H26N4. The van der Waals surface area contributed by atoms with Crippen LogP contribution in [0.2, 0.25) is 0 Å². The Labute approximate surface area is 111 Å². The molecule has 1 heterocycles. The van der Waals surface area contributed by atoms with Crippen molar-refractivity contribution in [3.05, 3.63) is 23.9 Å². The Balaban J connectivity index is 2.90. The fourth-order valence-corrected chi connectivity index (χ4v) is 1.94. The third kappa shape index (κ3) is 4.27. The summed E-state index contributed by atoms with van der Waals surface area (Å²) in [4.78, 5) is 9.05. The Morgan fingerprint density at radius 2 is 2.00 bits per heavy atom. The molecule has 0 aliphatic rings. The van der Waals surface area contributed by atoms with Gasteiger partial charge in [0.1, 0.15) is 5.82 Å². The van der Waals surface area contributed by atoms with Gasteiger partial charge in [0.25, 0.3) is 0 Å². The van der Waals surface area contributed by atoms with Crippen LogP contribution in [-0.4, -0.2) is 43.6 Å². The summed E-state index contributed by atoms with van der Waals surface area (Å²) >= 11 is 0. The van der Waals surface area contributed by atoms with Crippen molar-refractivity contribution in [1.29, 1.82) is 0 Å². The molecule has 0 spiro atoms. The first-order chi connectivity index (χ1) is 8.56. The molecule has 1 rings (SSSR count). The minimum atomic E-state index is 0.0208. The van der Waals surface area contributed by atoms with Gasteiger partial charge in [0.2, 0.25) is 0 Å². The van der Waals surface area contributed by atoms with Gasteiger partial charge in [-0.2, -0.15) is 0 Å². The monoisotopic (exact) mass is 250 g/mol. The quantitative estimate of drug-likeness (QED) is 0.802. The van der Waals surface area contributed by atoms with E-state index in [2.05, 4.69) is 41.9 Å². The van der Waals surface area contributed by atoms with Crippen molar-refractivity contribution in [3.8, 4) is 0 Å². The zero-order chi connectivity index (χ0) is 13.5.